The molecule has 2 atom stereocenters. The lowest BCUT2D eigenvalue weighted by molar-refractivity contribution is 0.233. The molecule has 24 heavy (non-hydrogen) atoms. The molecular weight excluding hydrogens is 324 g/mol. The third-order valence-corrected chi connectivity index (χ3v) is 7.08. The van der Waals surface area contributed by atoms with Crippen LogP contribution >= 0.6 is 0 Å². The van der Waals surface area contributed by atoms with Crippen LogP contribution < -0.4 is 10.6 Å². The number of hydrogen-bond donors (Lipinski definition) is 2. The van der Waals surface area contributed by atoms with Crippen LogP contribution in [-0.2, 0) is 15.3 Å². The zero-order chi connectivity index (χ0) is 17.4. The summed E-state index contributed by atoms with van der Waals surface area (Å²) in [6, 6.07) is 8.03. The summed E-state index contributed by atoms with van der Waals surface area (Å²) in [6.45, 7) is 4.80. The summed E-state index contributed by atoms with van der Waals surface area (Å²) in [5.74, 6) is 0.498. The molecule has 3 rings (SSSR count). The molecule has 1 aliphatic carbocycles. The van der Waals surface area contributed by atoms with E-state index >= 15 is 0 Å². The maximum absolute atomic E-state index is 12.3. The van der Waals surface area contributed by atoms with Crippen LogP contribution in [0.4, 0.5) is 4.79 Å². The highest BCUT2D eigenvalue weighted by Gasteiger charge is 2.37. The van der Waals surface area contributed by atoms with Crippen molar-refractivity contribution in [3.8, 4) is 0 Å². The van der Waals surface area contributed by atoms with Gasteiger partial charge < -0.3 is 10.6 Å². The Bertz CT molecular complexity index is 728. The standard InChI is InChI=1S/C18H26N2O3S/c1-18(2)10-16(14-7-3-4-8-15(14)18)20-17(21)19-11-13-6-5-9-24(22,23)12-13/h3-4,7-8,13,16H,5-6,9-12H2,1-2H3,(H2,19,20,21). The topological polar surface area (TPSA) is 75.3 Å². The SMILES string of the molecule is CC1(C)CC(NC(=O)NCC2CCCS(=O)(=O)C2)c2ccccc21. The zero-order valence-electron chi connectivity index (χ0n) is 14.3. The summed E-state index contributed by atoms with van der Waals surface area (Å²) in [7, 11) is -2.93. The predicted octanol–water partition coefficient (Wildman–Crippen LogP) is 2.53. The Hall–Kier alpha value is -1.56. The number of nitrogens with one attached hydrogen (secondary N) is 2. The van der Waals surface area contributed by atoms with E-state index in [1.807, 2.05) is 12.1 Å². The van der Waals surface area contributed by atoms with Gasteiger partial charge in [0, 0.05) is 6.54 Å². The molecule has 0 radical (unpaired) electrons. The summed E-state index contributed by atoms with van der Waals surface area (Å²) in [5.41, 5.74) is 2.51. The molecule has 1 aromatic carbocycles. The van der Waals surface area contributed by atoms with E-state index in [9.17, 15) is 13.2 Å². The number of sulfone groups is 1. The summed E-state index contributed by atoms with van der Waals surface area (Å²) in [5, 5.41) is 5.91. The van der Waals surface area contributed by atoms with Gasteiger partial charge in [0.05, 0.1) is 17.5 Å². The molecule has 2 amide bonds. The summed E-state index contributed by atoms with van der Waals surface area (Å²) < 4.78 is 23.3. The van der Waals surface area contributed by atoms with Gasteiger partial charge in [-0.3, -0.25) is 0 Å². The number of urea groups is 1. The average molecular weight is 350 g/mol. The van der Waals surface area contributed by atoms with Crippen LogP contribution in [0, 0.1) is 5.92 Å². The molecule has 6 heteroatoms. The van der Waals surface area contributed by atoms with Gasteiger partial charge in [0.25, 0.3) is 0 Å². The largest absolute Gasteiger partial charge is 0.338 e. The van der Waals surface area contributed by atoms with Crippen LogP contribution in [-0.4, -0.2) is 32.5 Å². The van der Waals surface area contributed by atoms with Crippen molar-refractivity contribution in [2.75, 3.05) is 18.1 Å². The molecule has 0 spiro atoms. The van der Waals surface area contributed by atoms with Crippen molar-refractivity contribution in [1.29, 1.82) is 0 Å². The third kappa shape index (κ3) is 3.74. The van der Waals surface area contributed by atoms with E-state index in [1.54, 1.807) is 0 Å². The van der Waals surface area contributed by atoms with E-state index in [4.69, 9.17) is 0 Å². The van der Waals surface area contributed by atoms with E-state index in [0.717, 1.165) is 12.8 Å². The predicted molar refractivity (Wildman–Crippen MR) is 94.7 cm³/mol. The highest BCUT2D eigenvalue weighted by atomic mass is 32.2. The molecular formula is C18H26N2O3S. The first-order valence-electron chi connectivity index (χ1n) is 8.61. The average Bonchev–Trinajstić information content (AvgIpc) is 2.76. The van der Waals surface area contributed by atoms with Crippen molar-refractivity contribution >= 4 is 15.9 Å². The van der Waals surface area contributed by atoms with Crippen molar-refractivity contribution in [2.24, 2.45) is 5.92 Å². The maximum Gasteiger partial charge on any atom is 0.315 e. The molecule has 1 aliphatic heterocycles. The molecule has 2 aliphatic rings. The van der Waals surface area contributed by atoms with Gasteiger partial charge in [-0.25, -0.2) is 13.2 Å². The first-order valence-corrected chi connectivity index (χ1v) is 10.4. The molecule has 1 saturated heterocycles. The molecule has 1 aromatic rings. The number of fused-ring (bicyclic) bond motifs is 1. The van der Waals surface area contributed by atoms with E-state index in [2.05, 4.69) is 36.6 Å². The van der Waals surface area contributed by atoms with Crippen LogP contribution in [0.5, 0.6) is 0 Å². The summed E-state index contributed by atoms with van der Waals surface area (Å²) in [6.07, 6.45) is 2.43. The molecule has 0 saturated carbocycles. The van der Waals surface area contributed by atoms with E-state index in [0.29, 0.717) is 13.0 Å². The highest BCUT2D eigenvalue weighted by Crippen LogP contribution is 2.44. The van der Waals surface area contributed by atoms with Gasteiger partial charge in [0.2, 0.25) is 0 Å². The first kappa shape index (κ1) is 17.3. The fourth-order valence-electron chi connectivity index (χ4n) is 4.00. The number of hydrogen-bond acceptors (Lipinski definition) is 3. The Kier molecular flexibility index (Phi) is 4.60. The minimum Gasteiger partial charge on any atom is -0.338 e. The van der Waals surface area contributed by atoms with Gasteiger partial charge in [0.1, 0.15) is 0 Å². The number of carbonyl (C=O) groups excluding carboxylic acids is 1. The van der Waals surface area contributed by atoms with Crippen molar-refractivity contribution in [3.63, 3.8) is 0 Å². The molecule has 2 unspecified atom stereocenters. The summed E-state index contributed by atoms with van der Waals surface area (Å²) in [4.78, 5) is 12.3. The molecule has 5 nitrogen and oxygen atoms in total. The van der Waals surface area contributed by atoms with Gasteiger partial charge >= 0.3 is 6.03 Å². The Morgan fingerprint density at radius 3 is 2.79 bits per heavy atom. The fourth-order valence-corrected chi connectivity index (χ4v) is 5.78. The zero-order valence-corrected chi connectivity index (χ0v) is 15.2. The van der Waals surface area contributed by atoms with Crippen molar-refractivity contribution < 1.29 is 13.2 Å². The molecule has 2 N–H and O–H groups in total. The monoisotopic (exact) mass is 350 g/mol. The lowest BCUT2D eigenvalue weighted by Crippen LogP contribution is -2.42. The number of carbonyl (C=O) groups is 1. The Labute approximate surface area is 144 Å². The Morgan fingerprint density at radius 1 is 1.29 bits per heavy atom. The van der Waals surface area contributed by atoms with Crippen LogP contribution in [0.15, 0.2) is 24.3 Å². The van der Waals surface area contributed by atoms with Crippen molar-refractivity contribution in [3.05, 3.63) is 35.4 Å². The molecule has 132 valence electrons. The smallest absolute Gasteiger partial charge is 0.315 e. The van der Waals surface area contributed by atoms with Crippen LogP contribution in [0.1, 0.15) is 50.3 Å². The number of benzene rings is 1. The number of amides is 2. The maximum atomic E-state index is 12.3. The fraction of sp³-hybridized carbons (Fsp3) is 0.611. The van der Waals surface area contributed by atoms with E-state index < -0.39 is 9.84 Å². The van der Waals surface area contributed by atoms with Crippen LogP contribution in [0.25, 0.3) is 0 Å². The molecule has 0 bridgehead atoms. The Balaban J connectivity index is 1.56. The normalized spacial score (nSPS) is 27.2. The van der Waals surface area contributed by atoms with Gasteiger partial charge in [-0.1, -0.05) is 38.1 Å². The second-order valence-corrected chi connectivity index (χ2v) is 9.93. The lowest BCUT2D eigenvalue weighted by atomic mass is 9.86. The second-order valence-electron chi connectivity index (χ2n) is 7.70. The van der Waals surface area contributed by atoms with E-state index in [1.165, 1.54) is 11.1 Å². The van der Waals surface area contributed by atoms with Crippen molar-refractivity contribution in [1.82, 2.24) is 10.6 Å². The molecule has 1 fully saturated rings. The van der Waals surface area contributed by atoms with Crippen molar-refractivity contribution in [2.45, 2.75) is 44.6 Å². The van der Waals surface area contributed by atoms with Crippen LogP contribution in [0.2, 0.25) is 0 Å². The van der Waals surface area contributed by atoms with Gasteiger partial charge in [-0.15, -0.1) is 0 Å². The number of rotatable bonds is 3. The Morgan fingerprint density at radius 2 is 2.04 bits per heavy atom. The van der Waals surface area contributed by atoms with Gasteiger partial charge in [-0.05, 0) is 41.7 Å². The lowest BCUT2D eigenvalue weighted by Gasteiger charge is -2.23. The minimum absolute atomic E-state index is 0.00582. The van der Waals surface area contributed by atoms with Crippen LogP contribution in [0.3, 0.4) is 0 Å². The third-order valence-electron chi connectivity index (χ3n) is 5.19. The minimum atomic E-state index is -2.93. The van der Waals surface area contributed by atoms with E-state index in [-0.39, 0.29) is 34.9 Å². The summed E-state index contributed by atoms with van der Waals surface area (Å²) >= 11 is 0. The molecule has 1 heterocycles. The second kappa shape index (κ2) is 6.39. The van der Waals surface area contributed by atoms with Gasteiger partial charge in [0.15, 0.2) is 9.84 Å². The highest BCUT2D eigenvalue weighted by molar-refractivity contribution is 7.91. The van der Waals surface area contributed by atoms with Gasteiger partial charge in [-0.2, -0.15) is 0 Å². The quantitative estimate of drug-likeness (QED) is 0.879. The first-order chi connectivity index (χ1) is 11.3. The molecule has 0 aromatic heterocycles.